The number of benzene rings is 1. The lowest BCUT2D eigenvalue weighted by Gasteiger charge is -2.40. The second-order valence-electron chi connectivity index (χ2n) is 7.58. The summed E-state index contributed by atoms with van der Waals surface area (Å²) in [7, 11) is 0. The van der Waals surface area contributed by atoms with Crippen LogP contribution >= 0.6 is 11.6 Å². The summed E-state index contributed by atoms with van der Waals surface area (Å²) in [5.41, 5.74) is 0.603. The molecule has 29 heavy (non-hydrogen) atoms. The lowest BCUT2D eigenvalue weighted by molar-refractivity contribution is -0.148. The predicted molar refractivity (Wildman–Crippen MR) is 113 cm³/mol. The van der Waals surface area contributed by atoms with Crippen LogP contribution in [0.15, 0.2) is 24.3 Å². The largest absolute Gasteiger partial charge is 0.338 e. The number of amides is 3. The molecule has 1 aromatic carbocycles. The average Bonchev–Trinajstić information content (AvgIpc) is 2.75. The highest BCUT2D eigenvalue weighted by molar-refractivity contribution is 6.33. The molecule has 158 valence electrons. The Bertz CT molecular complexity index is 749. The third-order valence-corrected chi connectivity index (χ3v) is 5.94. The minimum atomic E-state index is -0.328. The molecule has 0 aliphatic carbocycles. The van der Waals surface area contributed by atoms with Crippen molar-refractivity contribution in [1.29, 1.82) is 0 Å². The zero-order valence-corrected chi connectivity index (χ0v) is 17.7. The Morgan fingerprint density at radius 3 is 2.48 bits per heavy atom. The molecule has 8 heteroatoms. The van der Waals surface area contributed by atoms with Gasteiger partial charge in [-0.05, 0) is 31.4 Å². The molecule has 1 unspecified atom stereocenters. The Labute approximate surface area is 177 Å². The molecular weight excluding hydrogens is 392 g/mol. The SMILES string of the molecule is CCC(=O)N1CCCCC1C(=O)N1CCN(CC(=O)Nc2ccccc2Cl)CC1. The third-order valence-electron chi connectivity index (χ3n) is 5.61. The summed E-state index contributed by atoms with van der Waals surface area (Å²) in [6.45, 7) is 5.19. The van der Waals surface area contributed by atoms with Gasteiger partial charge in [-0.2, -0.15) is 0 Å². The van der Waals surface area contributed by atoms with E-state index in [2.05, 4.69) is 5.32 Å². The van der Waals surface area contributed by atoms with Crippen LogP contribution in [-0.2, 0) is 14.4 Å². The molecule has 0 saturated carbocycles. The highest BCUT2D eigenvalue weighted by Gasteiger charge is 2.35. The standard InChI is InChI=1S/C21H29ClN4O3/c1-2-20(28)26-10-6-5-9-18(26)21(29)25-13-11-24(12-14-25)15-19(27)23-17-8-4-3-7-16(17)22/h3-4,7-8,18H,2,5-6,9-15H2,1H3,(H,23,27). The van der Waals surface area contributed by atoms with Crippen molar-refractivity contribution < 1.29 is 14.4 Å². The van der Waals surface area contributed by atoms with E-state index in [-0.39, 0.29) is 30.3 Å². The minimum absolute atomic E-state index is 0.0478. The van der Waals surface area contributed by atoms with Gasteiger partial charge in [0, 0.05) is 39.1 Å². The van der Waals surface area contributed by atoms with E-state index in [4.69, 9.17) is 11.6 Å². The second kappa shape index (κ2) is 10.1. The smallest absolute Gasteiger partial charge is 0.245 e. The van der Waals surface area contributed by atoms with Gasteiger partial charge in [-0.15, -0.1) is 0 Å². The van der Waals surface area contributed by atoms with E-state index < -0.39 is 0 Å². The number of nitrogens with one attached hydrogen (secondary N) is 1. The van der Waals surface area contributed by atoms with Gasteiger partial charge in [0.25, 0.3) is 0 Å². The van der Waals surface area contributed by atoms with Crippen LogP contribution in [0.1, 0.15) is 32.6 Å². The zero-order valence-electron chi connectivity index (χ0n) is 16.9. The van der Waals surface area contributed by atoms with Crippen molar-refractivity contribution in [2.45, 2.75) is 38.6 Å². The highest BCUT2D eigenvalue weighted by atomic mass is 35.5. The molecule has 2 heterocycles. The van der Waals surface area contributed by atoms with Gasteiger partial charge in [-0.1, -0.05) is 30.7 Å². The summed E-state index contributed by atoms with van der Waals surface area (Å²) < 4.78 is 0. The van der Waals surface area contributed by atoms with Crippen molar-refractivity contribution in [2.24, 2.45) is 0 Å². The molecule has 2 saturated heterocycles. The number of halogens is 1. The van der Waals surface area contributed by atoms with E-state index in [1.165, 1.54) is 0 Å². The van der Waals surface area contributed by atoms with Gasteiger partial charge >= 0.3 is 0 Å². The Kier molecular flexibility index (Phi) is 7.50. The Balaban J connectivity index is 1.49. The van der Waals surface area contributed by atoms with Crippen LogP contribution in [0.5, 0.6) is 0 Å². The molecule has 2 fully saturated rings. The van der Waals surface area contributed by atoms with E-state index in [1.54, 1.807) is 17.0 Å². The van der Waals surface area contributed by atoms with E-state index in [0.717, 1.165) is 19.3 Å². The van der Waals surface area contributed by atoms with Crippen molar-refractivity contribution in [3.63, 3.8) is 0 Å². The monoisotopic (exact) mass is 420 g/mol. The van der Waals surface area contributed by atoms with Crippen molar-refractivity contribution in [3.8, 4) is 0 Å². The van der Waals surface area contributed by atoms with E-state index in [1.807, 2.05) is 28.9 Å². The number of hydrogen-bond donors (Lipinski definition) is 1. The molecule has 2 aliphatic heterocycles. The van der Waals surface area contributed by atoms with Crippen molar-refractivity contribution >= 4 is 35.0 Å². The predicted octanol–water partition coefficient (Wildman–Crippen LogP) is 2.21. The number of piperidine rings is 1. The summed E-state index contributed by atoms with van der Waals surface area (Å²) in [6, 6.07) is 6.81. The molecular formula is C21H29ClN4O3. The molecule has 1 atom stereocenters. The molecule has 0 radical (unpaired) electrons. The number of rotatable bonds is 5. The van der Waals surface area contributed by atoms with Crippen LogP contribution in [0.3, 0.4) is 0 Å². The highest BCUT2D eigenvalue weighted by Crippen LogP contribution is 2.22. The third kappa shape index (κ3) is 5.48. The molecule has 0 aromatic heterocycles. The van der Waals surface area contributed by atoms with Crippen LogP contribution < -0.4 is 5.32 Å². The molecule has 3 rings (SSSR count). The van der Waals surface area contributed by atoms with Gasteiger partial charge in [-0.25, -0.2) is 0 Å². The first kappa shape index (κ1) is 21.6. The summed E-state index contributed by atoms with van der Waals surface area (Å²) in [4.78, 5) is 43.2. The van der Waals surface area contributed by atoms with Gasteiger partial charge in [0.05, 0.1) is 17.3 Å². The maximum atomic E-state index is 13.0. The van der Waals surface area contributed by atoms with E-state index in [9.17, 15) is 14.4 Å². The summed E-state index contributed by atoms with van der Waals surface area (Å²) in [6.07, 6.45) is 3.11. The van der Waals surface area contributed by atoms with E-state index >= 15 is 0 Å². The van der Waals surface area contributed by atoms with Crippen LogP contribution in [0, 0.1) is 0 Å². The first-order chi connectivity index (χ1) is 14.0. The van der Waals surface area contributed by atoms with E-state index in [0.29, 0.717) is 49.9 Å². The van der Waals surface area contributed by atoms with Gasteiger partial charge in [0.2, 0.25) is 17.7 Å². The van der Waals surface area contributed by atoms with Crippen molar-refractivity contribution in [3.05, 3.63) is 29.3 Å². The topological polar surface area (TPSA) is 73.0 Å². The fraction of sp³-hybridized carbons (Fsp3) is 0.571. The Morgan fingerprint density at radius 2 is 1.79 bits per heavy atom. The van der Waals surface area contributed by atoms with Gasteiger partial charge in [-0.3, -0.25) is 19.3 Å². The summed E-state index contributed by atoms with van der Waals surface area (Å²) in [5, 5.41) is 3.34. The molecule has 3 amide bonds. The number of nitrogens with zero attached hydrogens (tertiary/aromatic N) is 3. The van der Waals surface area contributed by atoms with Crippen LogP contribution in [0.4, 0.5) is 5.69 Å². The average molecular weight is 421 g/mol. The van der Waals surface area contributed by atoms with Crippen molar-refractivity contribution in [2.75, 3.05) is 44.6 Å². The lowest BCUT2D eigenvalue weighted by Crippen LogP contribution is -2.57. The first-order valence-corrected chi connectivity index (χ1v) is 10.7. The van der Waals surface area contributed by atoms with Gasteiger partial charge in [0.1, 0.15) is 6.04 Å². The number of carbonyl (C=O) groups is 3. The minimum Gasteiger partial charge on any atom is -0.338 e. The quantitative estimate of drug-likeness (QED) is 0.792. The Hall–Kier alpha value is -2.12. The van der Waals surface area contributed by atoms with Gasteiger partial charge in [0.15, 0.2) is 0 Å². The number of piperazine rings is 1. The number of para-hydroxylation sites is 1. The van der Waals surface area contributed by atoms with Crippen LogP contribution in [0.2, 0.25) is 5.02 Å². The zero-order chi connectivity index (χ0) is 20.8. The lowest BCUT2D eigenvalue weighted by atomic mass is 10.00. The fourth-order valence-corrected chi connectivity index (χ4v) is 4.17. The molecule has 0 bridgehead atoms. The summed E-state index contributed by atoms with van der Waals surface area (Å²) in [5.74, 6) is -0.0190. The second-order valence-corrected chi connectivity index (χ2v) is 7.99. The number of carbonyl (C=O) groups excluding carboxylic acids is 3. The van der Waals surface area contributed by atoms with Gasteiger partial charge < -0.3 is 15.1 Å². The number of hydrogen-bond acceptors (Lipinski definition) is 4. The molecule has 2 aliphatic rings. The Morgan fingerprint density at radius 1 is 1.07 bits per heavy atom. The fourth-order valence-electron chi connectivity index (χ4n) is 3.98. The molecule has 0 spiro atoms. The number of likely N-dealkylation sites (tertiary alicyclic amines) is 1. The summed E-state index contributed by atoms with van der Waals surface area (Å²) >= 11 is 6.08. The van der Waals surface area contributed by atoms with Crippen LogP contribution in [-0.4, -0.2) is 77.7 Å². The van der Waals surface area contributed by atoms with Crippen LogP contribution in [0.25, 0.3) is 0 Å². The molecule has 1 aromatic rings. The maximum Gasteiger partial charge on any atom is 0.245 e. The molecule has 7 nitrogen and oxygen atoms in total. The van der Waals surface area contributed by atoms with Crippen molar-refractivity contribution in [1.82, 2.24) is 14.7 Å². The normalized spacial score (nSPS) is 20.4. The first-order valence-electron chi connectivity index (χ1n) is 10.3. The number of anilines is 1. The maximum absolute atomic E-state index is 13.0. The molecule has 1 N–H and O–H groups in total.